The van der Waals surface area contributed by atoms with E-state index in [0.717, 1.165) is 38.3 Å². The van der Waals surface area contributed by atoms with E-state index in [-0.39, 0.29) is 0 Å². The Morgan fingerprint density at radius 1 is 1.35 bits per heavy atom. The molecule has 2 N–H and O–H groups in total. The molecule has 1 heterocycles. The number of rotatable bonds is 6. The number of ether oxygens (including phenoxy) is 2. The van der Waals surface area contributed by atoms with Gasteiger partial charge < -0.3 is 20.1 Å². The lowest BCUT2D eigenvalue weighted by molar-refractivity contribution is 0.0526. The van der Waals surface area contributed by atoms with Crippen molar-refractivity contribution in [2.24, 2.45) is 0 Å². The van der Waals surface area contributed by atoms with Crippen LogP contribution in [0.15, 0.2) is 18.2 Å². The summed E-state index contributed by atoms with van der Waals surface area (Å²) < 4.78 is 11.5. The Labute approximate surface area is 121 Å². The van der Waals surface area contributed by atoms with E-state index < -0.39 is 0 Å². The first-order chi connectivity index (χ1) is 9.74. The highest BCUT2D eigenvalue weighted by Crippen LogP contribution is 2.29. The molecule has 1 aliphatic heterocycles. The van der Waals surface area contributed by atoms with Crippen molar-refractivity contribution in [3.05, 3.63) is 18.2 Å². The lowest BCUT2D eigenvalue weighted by Crippen LogP contribution is -2.39. The van der Waals surface area contributed by atoms with Gasteiger partial charge in [-0.1, -0.05) is 6.92 Å². The molecule has 1 aromatic carbocycles. The van der Waals surface area contributed by atoms with E-state index in [0.29, 0.717) is 18.4 Å². The highest BCUT2D eigenvalue weighted by Gasteiger charge is 2.20. The summed E-state index contributed by atoms with van der Waals surface area (Å²) in [6.45, 7) is 7.65. The van der Waals surface area contributed by atoms with Crippen molar-refractivity contribution in [2.75, 3.05) is 36.9 Å². The van der Waals surface area contributed by atoms with Crippen LogP contribution in [0.2, 0.25) is 0 Å². The Balaban J connectivity index is 2.07. The molecule has 0 bridgehead atoms. The average molecular weight is 278 g/mol. The molecule has 0 aliphatic carbocycles. The van der Waals surface area contributed by atoms with Crippen molar-refractivity contribution in [1.82, 2.24) is 0 Å². The van der Waals surface area contributed by atoms with Crippen LogP contribution in [0.4, 0.5) is 11.4 Å². The van der Waals surface area contributed by atoms with Crippen LogP contribution in [-0.2, 0) is 4.74 Å². The second-order valence-corrected chi connectivity index (χ2v) is 5.24. The van der Waals surface area contributed by atoms with Crippen molar-refractivity contribution in [1.29, 1.82) is 0 Å². The molecule has 0 radical (unpaired) electrons. The maximum Gasteiger partial charge on any atom is 0.144 e. The molecule has 112 valence electrons. The molecule has 0 amide bonds. The summed E-state index contributed by atoms with van der Waals surface area (Å²) in [7, 11) is 0. The summed E-state index contributed by atoms with van der Waals surface area (Å²) >= 11 is 0. The Hall–Kier alpha value is -1.42. The first kappa shape index (κ1) is 15.0. The summed E-state index contributed by atoms with van der Waals surface area (Å²) in [6, 6.07) is 6.06. The Morgan fingerprint density at radius 2 is 2.20 bits per heavy atom. The van der Waals surface area contributed by atoms with Crippen molar-refractivity contribution in [3.8, 4) is 5.75 Å². The molecule has 1 aromatic rings. The predicted octanol–water partition coefficient (Wildman–Crippen LogP) is 3.06. The molecule has 1 fully saturated rings. The third-order valence-electron chi connectivity index (χ3n) is 3.60. The van der Waals surface area contributed by atoms with Gasteiger partial charge in [0.15, 0.2) is 0 Å². The third-order valence-corrected chi connectivity index (χ3v) is 3.60. The summed E-state index contributed by atoms with van der Waals surface area (Å²) in [5.74, 6) is 0.794. The van der Waals surface area contributed by atoms with Crippen molar-refractivity contribution in [3.63, 3.8) is 0 Å². The second kappa shape index (κ2) is 7.39. The largest absolute Gasteiger partial charge is 0.491 e. The van der Waals surface area contributed by atoms with Gasteiger partial charge in [0, 0.05) is 31.5 Å². The normalized spacial score (nSPS) is 19.1. The van der Waals surface area contributed by atoms with Crippen molar-refractivity contribution >= 4 is 11.4 Å². The fraction of sp³-hybridized carbons (Fsp3) is 0.625. The predicted molar refractivity (Wildman–Crippen MR) is 83.5 cm³/mol. The fourth-order valence-electron chi connectivity index (χ4n) is 2.60. The van der Waals surface area contributed by atoms with Gasteiger partial charge in [0.1, 0.15) is 5.75 Å². The van der Waals surface area contributed by atoms with E-state index >= 15 is 0 Å². The van der Waals surface area contributed by atoms with Gasteiger partial charge in [-0.15, -0.1) is 0 Å². The first-order valence-corrected chi connectivity index (χ1v) is 7.63. The number of benzene rings is 1. The zero-order chi connectivity index (χ0) is 14.4. The number of nitrogen functional groups attached to an aromatic ring is 1. The first-order valence-electron chi connectivity index (χ1n) is 7.63. The van der Waals surface area contributed by atoms with Crippen LogP contribution >= 0.6 is 0 Å². The number of nitrogens with zero attached hydrogens (tertiary/aromatic N) is 1. The zero-order valence-corrected chi connectivity index (χ0v) is 12.6. The number of hydrogen-bond acceptors (Lipinski definition) is 4. The van der Waals surface area contributed by atoms with E-state index in [4.69, 9.17) is 15.2 Å². The van der Waals surface area contributed by atoms with Crippen LogP contribution in [0.3, 0.4) is 0 Å². The molecule has 4 nitrogen and oxygen atoms in total. The van der Waals surface area contributed by atoms with Crippen LogP contribution in [0.25, 0.3) is 0 Å². The van der Waals surface area contributed by atoms with Gasteiger partial charge >= 0.3 is 0 Å². The molecule has 20 heavy (non-hydrogen) atoms. The fourth-order valence-corrected chi connectivity index (χ4v) is 2.60. The number of piperidine rings is 1. The van der Waals surface area contributed by atoms with Gasteiger partial charge in [0.05, 0.1) is 18.4 Å². The highest BCUT2D eigenvalue weighted by atomic mass is 16.5. The summed E-state index contributed by atoms with van der Waals surface area (Å²) in [6.07, 6.45) is 3.64. The second-order valence-electron chi connectivity index (χ2n) is 5.24. The minimum absolute atomic E-state index is 0.339. The van der Waals surface area contributed by atoms with Gasteiger partial charge in [-0.2, -0.15) is 0 Å². The van der Waals surface area contributed by atoms with Crippen LogP contribution in [0.1, 0.15) is 33.1 Å². The quantitative estimate of drug-likeness (QED) is 0.812. The van der Waals surface area contributed by atoms with Crippen LogP contribution in [0, 0.1) is 0 Å². The van der Waals surface area contributed by atoms with E-state index in [1.807, 2.05) is 6.07 Å². The molecular weight excluding hydrogens is 252 g/mol. The van der Waals surface area contributed by atoms with E-state index in [2.05, 4.69) is 30.9 Å². The molecular formula is C16H26N2O2. The Morgan fingerprint density at radius 3 is 2.95 bits per heavy atom. The highest BCUT2D eigenvalue weighted by molar-refractivity contribution is 5.62. The maximum absolute atomic E-state index is 5.97. The monoisotopic (exact) mass is 278 g/mol. The lowest BCUT2D eigenvalue weighted by Gasteiger charge is -2.34. The molecule has 1 saturated heterocycles. The number of nitrogens with two attached hydrogens (primary N) is 1. The van der Waals surface area contributed by atoms with E-state index in [9.17, 15) is 0 Å². The van der Waals surface area contributed by atoms with Gasteiger partial charge in [-0.25, -0.2) is 0 Å². The van der Waals surface area contributed by atoms with Crippen LogP contribution in [-0.4, -0.2) is 32.4 Å². The van der Waals surface area contributed by atoms with Crippen LogP contribution < -0.4 is 15.4 Å². The van der Waals surface area contributed by atoms with Gasteiger partial charge in [0.2, 0.25) is 0 Å². The summed E-state index contributed by atoms with van der Waals surface area (Å²) in [5, 5.41) is 0. The summed E-state index contributed by atoms with van der Waals surface area (Å²) in [5.41, 5.74) is 7.85. The maximum atomic E-state index is 5.97. The topological polar surface area (TPSA) is 47.7 Å². The van der Waals surface area contributed by atoms with E-state index in [1.54, 1.807) is 0 Å². The van der Waals surface area contributed by atoms with Crippen molar-refractivity contribution in [2.45, 2.75) is 39.2 Å². The molecule has 1 atom stereocenters. The summed E-state index contributed by atoms with van der Waals surface area (Å²) in [4.78, 5) is 2.36. The zero-order valence-electron chi connectivity index (χ0n) is 12.6. The van der Waals surface area contributed by atoms with Crippen molar-refractivity contribution < 1.29 is 9.47 Å². The molecule has 2 rings (SSSR count). The average Bonchev–Trinajstić information content (AvgIpc) is 2.47. The van der Waals surface area contributed by atoms with Gasteiger partial charge in [-0.3, -0.25) is 0 Å². The third kappa shape index (κ3) is 3.79. The standard InChI is InChI=1S/C16H26N2O2/c1-3-10-20-16-11-13(7-8-15(16)17)18-9-5-6-14(12-18)19-4-2/h7-8,11,14H,3-6,9-10,12,17H2,1-2H3. The Bertz CT molecular complexity index is 421. The SMILES string of the molecule is CCCOc1cc(N2CCCC(OCC)C2)ccc1N. The Kier molecular flexibility index (Phi) is 5.53. The molecule has 0 saturated carbocycles. The lowest BCUT2D eigenvalue weighted by atomic mass is 10.1. The molecule has 1 unspecified atom stereocenters. The van der Waals surface area contributed by atoms with Gasteiger partial charge in [-0.05, 0) is 38.3 Å². The number of anilines is 2. The van der Waals surface area contributed by atoms with E-state index in [1.165, 1.54) is 12.1 Å². The smallest absolute Gasteiger partial charge is 0.144 e. The minimum Gasteiger partial charge on any atom is -0.491 e. The molecule has 0 spiro atoms. The molecule has 0 aromatic heterocycles. The van der Waals surface area contributed by atoms with Crippen LogP contribution in [0.5, 0.6) is 5.75 Å². The molecule has 1 aliphatic rings. The minimum atomic E-state index is 0.339. The van der Waals surface area contributed by atoms with Gasteiger partial charge in [0.25, 0.3) is 0 Å². The molecule has 4 heteroatoms. The number of hydrogen-bond donors (Lipinski definition) is 1.